The van der Waals surface area contributed by atoms with Crippen LogP contribution in [0.3, 0.4) is 0 Å². The quantitative estimate of drug-likeness (QED) is 0.328. The Bertz CT molecular complexity index is 1290. The molecule has 1 unspecified atom stereocenters. The molecule has 3 aromatic rings. The second-order valence-electron chi connectivity index (χ2n) is 8.17. The minimum Gasteiger partial charge on any atom is -0.482 e. The summed E-state index contributed by atoms with van der Waals surface area (Å²) >= 11 is 3.47. The molecule has 172 valence electrons. The summed E-state index contributed by atoms with van der Waals surface area (Å²) in [6.07, 6.45) is 0. The average molecular weight is 519 g/mol. The fourth-order valence-corrected chi connectivity index (χ4v) is 4.20. The van der Waals surface area contributed by atoms with Crippen LogP contribution in [-0.4, -0.2) is 12.6 Å². The molecule has 1 heterocycles. The van der Waals surface area contributed by atoms with Crippen molar-refractivity contribution >= 4 is 21.9 Å². The van der Waals surface area contributed by atoms with Gasteiger partial charge in [0.25, 0.3) is 0 Å². The maximum atomic E-state index is 12.3. The lowest BCUT2D eigenvalue weighted by molar-refractivity contribution is -0.136. The number of fused-ring (bicyclic) bond motifs is 1. The van der Waals surface area contributed by atoms with Gasteiger partial charge >= 0.3 is 5.97 Å². The van der Waals surface area contributed by atoms with Crippen molar-refractivity contribution in [2.45, 2.75) is 25.7 Å². The zero-order chi connectivity index (χ0) is 24.2. The third kappa shape index (κ3) is 5.08. The molecule has 6 nitrogen and oxygen atoms in total. The molecule has 0 aliphatic carbocycles. The van der Waals surface area contributed by atoms with Gasteiger partial charge in [0.1, 0.15) is 28.9 Å². The summed E-state index contributed by atoms with van der Waals surface area (Å²) < 4.78 is 17.6. The number of benzene rings is 3. The van der Waals surface area contributed by atoms with E-state index in [4.69, 9.17) is 19.9 Å². The first kappa shape index (κ1) is 23.4. The molecular weight excluding hydrogens is 496 g/mol. The van der Waals surface area contributed by atoms with Crippen molar-refractivity contribution in [2.24, 2.45) is 5.73 Å². The monoisotopic (exact) mass is 518 g/mol. The van der Waals surface area contributed by atoms with E-state index in [1.54, 1.807) is 18.2 Å². The minimum absolute atomic E-state index is 0.0247. The lowest BCUT2D eigenvalue weighted by atomic mass is 9.83. The second-order valence-corrected chi connectivity index (χ2v) is 9.08. The number of nitrogens with zero attached hydrogens (tertiary/aromatic N) is 1. The highest BCUT2D eigenvalue weighted by atomic mass is 79.9. The first-order chi connectivity index (χ1) is 16.4. The van der Waals surface area contributed by atoms with Crippen LogP contribution in [0.5, 0.6) is 17.2 Å². The van der Waals surface area contributed by atoms with E-state index in [1.807, 2.05) is 48.5 Å². The largest absolute Gasteiger partial charge is 0.482 e. The summed E-state index contributed by atoms with van der Waals surface area (Å²) in [4.78, 5) is 12.3. The van der Waals surface area contributed by atoms with E-state index in [-0.39, 0.29) is 12.5 Å². The van der Waals surface area contributed by atoms with Crippen molar-refractivity contribution in [3.8, 4) is 23.3 Å². The van der Waals surface area contributed by atoms with Gasteiger partial charge in [-0.25, -0.2) is 4.79 Å². The van der Waals surface area contributed by atoms with Gasteiger partial charge in [-0.1, -0.05) is 60.1 Å². The first-order valence-corrected chi connectivity index (χ1v) is 11.6. The third-order valence-corrected chi connectivity index (χ3v) is 6.00. The Morgan fingerprint density at radius 1 is 1.12 bits per heavy atom. The molecule has 0 spiro atoms. The molecule has 0 bridgehead atoms. The van der Waals surface area contributed by atoms with Crippen molar-refractivity contribution in [1.82, 2.24) is 0 Å². The van der Waals surface area contributed by atoms with Crippen LogP contribution >= 0.6 is 15.9 Å². The molecular formula is C27H23BrN2O4. The summed E-state index contributed by atoms with van der Waals surface area (Å²) in [6.45, 7) is 3.99. The smallest absolute Gasteiger partial charge is 0.349 e. The van der Waals surface area contributed by atoms with Crippen LogP contribution in [0.15, 0.2) is 82.7 Å². The minimum atomic E-state index is -0.548. The Morgan fingerprint density at radius 2 is 1.85 bits per heavy atom. The fraction of sp³-hybridized carbons (Fsp3) is 0.185. The molecule has 7 heteroatoms. The molecule has 34 heavy (non-hydrogen) atoms. The Labute approximate surface area is 206 Å². The van der Waals surface area contributed by atoms with Crippen LogP contribution in [0.25, 0.3) is 0 Å². The van der Waals surface area contributed by atoms with E-state index >= 15 is 0 Å². The Kier molecular flexibility index (Phi) is 6.90. The lowest BCUT2D eigenvalue weighted by Crippen LogP contribution is -2.21. The number of nitriles is 1. The molecule has 4 rings (SSSR count). The lowest BCUT2D eigenvalue weighted by Gasteiger charge is -2.26. The van der Waals surface area contributed by atoms with Crippen molar-refractivity contribution in [3.63, 3.8) is 0 Å². The predicted octanol–water partition coefficient (Wildman–Crippen LogP) is 5.78. The number of carbonyl (C=O) groups is 1. The molecule has 1 atom stereocenters. The van der Waals surface area contributed by atoms with E-state index < -0.39 is 11.9 Å². The van der Waals surface area contributed by atoms with Gasteiger partial charge in [0, 0.05) is 16.1 Å². The van der Waals surface area contributed by atoms with Crippen LogP contribution in [0.1, 0.15) is 42.4 Å². The normalized spacial score (nSPS) is 14.7. The maximum Gasteiger partial charge on any atom is 0.349 e. The van der Waals surface area contributed by atoms with Gasteiger partial charge in [0.15, 0.2) is 6.61 Å². The van der Waals surface area contributed by atoms with Crippen LogP contribution in [0.2, 0.25) is 0 Å². The number of hydrogen-bond acceptors (Lipinski definition) is 6. The Balaban J connectivity index is 1.50. The highest BCUT2D eigenvalue weighted by molar-refractivity contribution is 9.10. The fourth-order valence-electron chi connectivity index (χ4n) is 3.78. The highest BCUT2D eigenvalue weighted by Crippen LogP contribution is 2.43. The average Bonchev–Trinajstić information content (AvgIpc) is 2.82. The molecule has 0 saturated carbocycles. The second kappa shape index (κ2) is 10.0. The topological polar surface area (TPSA) is 94.6 Å². The van der Waals surface area contributed by atoms with E-state index in [0.717, 1.165) is 15.6 Å². The highest BCUT2D eigenvalue weighted by Gasteiger charge is 2.31. The number of nitrogens with two attached hydrogens (primary N) is 1. The maximum absolute atomic E-state index is 12.3. The summed E-state index contributed by atoms with van der Waals surface area (Å²) in [7, 11) is 0. The van der Waals surface area contributed by atoms with Gasteiger partial charge in [0.05, 0.1) is 5.92 Å². The van der Waals surface area contributed by atoms with Gasteiger partial charge in [-0.3, -0.25) is 0 Å². The molecule has 3 aromatic carbocycles. The van der Waals surface area contributed by atoms with Gasteiger partial charge in [-0.15, -0.1) is 0 Å². The van der Waals surface area contributed by atoms with Crippen LogP contribution < -0.4 is 19.9 Å². The summed E-state index contributed by atoms with van der Waals surface area (Å²) in [5.41, 5.74) is 9.22. The van der Waals surface area contributed by atoms with Gasteiger partial charge in [-0.05, 0) is 47.4 Å². The number of rotatable bonds is 6. The Hall–Kier alpha value is -3.76. The number of allylic oxidation sites excluding steroid dienone is 1. The molecule has 0 saturated heterocycles. The van der Waals surface area contributed by atoms with Crippen LogP contribution in [0, 0.1) is 11.3 Å². The molecule has 0 fully saturated rings. The predicted molar refractivity (Wildman–Crippen MR) is 132 cm³/mol. The zero-order valence-corrected chi connectivity index (χ0v) is 20.3. The molecule has 0 radical (unpaired) electrons. The first-order valence-electron chi connectivity index (χ1n) is 10.8. The summed E-state index contributed by atoms with van der Waals surface area (Å²) in [6, 6.07) is 22.5. The van der Waals surface area contributed by atoms with E-state index in [2.05, 4.69) is 35.8 Å². The van der Waals surface area contributed by atoms with Crippen LogP contribution in [0.4, 0.5) is 0 Å². The van der Waals surface area contributed by atoms with Crippen molar-refractivity contribution in [3.05, 3.63) is 99.3 Å². The van der Waals surface area contributed by atoms with Crippen molar-refractivity contribution < 1.29 is 19.0 Å². The molecule has 2 N–H and O–H groups in total. The summed E-state index contributed by atoms with van der Waals surface area (Å²) in [5.74, 6) is 0.814. The number of hydrogen-bond donors (Lipinski definition) is 1. The van der Waals surface area contributed by atoms with E-state index in [0.29, 0.717) is 28.7 Å². The summed E-state index contributed by atoms with van der Waals surface area (Å²) in [5, 5.41) is 9.69. The number of halogens is 1. The van der Waals surface area contributed by atoms with E-state index in [1.165, 1.54) is 5.56 Å². The standard InChI is InChI=1S/C27H23BrN2O4/c1-16(2)17-6-8-20(9-7-17)32-15-25(31)33-21-10-11-22-24(13-21)34-27(30)23(14-29)26(22)18-4-3-5-19(28)12-18/h3-13,16,26H,15,30H2,1-2H3. The van der Waals surface area contributed by atoms with Crippen molar-refractivity contribution in [2.75, 3.05) is 6.61 Å². The van der Waals surface area contributed by atoms with Gasteiger partial charge < -0.3 is 19.9 Å². The van der Waals surface area contributed by atoms with Crippen molar-refractivity contribution in [1.29, 1.82) is 5.26 Å². The third-order valence-electron chi connectivity index (χ3n) is 5.51. The van der Waals surface area contributed by atoms with E-state index in [9.17, 15) is 10.1 Å². The number of carbonyl (C=O) groups excluding carboxylic acids is 1. The molecule has 0 amide bonds. The number of ether oxygens (including phenoxy) is 3. The zero-order valence-electron chi connectivity index (χ0n) is 18.7. The molecule has 1 aliphatic rings. The number of esters is 1. The van der Waals surface area contributed by atoms with Gasteiger partial charge in [0.2, 0.25) is 5.88 Å². The van der Waals surface area contributed by atoms with Gasteiger partial charge in [-0.2, -0.15) is 5.26 Å². The Morgan fingerprint density at radius 3 is 2.53 bits per heavy atom. The molecule has 0 aromatic heterocycles. The molecule has 1 aliphatic heterocycles. The SMILES string of the molecule is CC(C)c1ccc(OCC(=O)Oc2ccc3c(c2)OC(N)=C(C#N)C3c2cccc(Br)c2)cc1. The van der Waals surface area contributed by atoms with Crippen LogP contribution in [-0.2, 0) is 4.79 Å².